The number of nitrogens with one attached hydrogen (secondary N) is 1. The fourth-order valence-electron chi connectivity index (χ4n) is 2.72. The topological polar surface area (TPSA) is 76.4 Å². The quantitative estimate of drug-likeness (QED) is 0.835. The van der Waals surface area contributed by atoms with Crippen LogP contribution in [0.3, 0.4) is 0 Å². The standard InChI is InChI=1S/C19H21N3O3/c1-23-18-10-14(12-22-19-15(11-20)4-2-8-21-19)6-7-17(18)25-13-16-5-3-9-24-16/h2,4,6-8,10,16H,3,5,9,12-13H2,1H3,(H,21,22)/t16-/m0/s1. The van der Waals surface area contributed by atoms with Crippen molar-refractivity contribution < 1.29 is 14.2 Å². The fraction of sp³-hybridized carbons (Fsp3) is 0.368. The second kappa shape index (κ2) is 8.36. The predicted molar refractivity (Wildman–Crippen MR) is 93.7 cm³/mol. The zero-order chi connectivity index (χ0) is 17.5. The molecule has 3 rings (SSSR count). The summed E-state index contributed by atoms with van der Waals surface area (Å²) in [5.74, 6) is 1.96. The van der Waals surface area contributed by atoms with E-state index in [9.17, 15) is 0 Å². The fourth-order valence-corrected chi connectivity index (χ4v) is 2.72. The van der Waals surface area contributed by atoms with Crippen molar-refractivity contribution in [1.82, 2.24) is 4.98 Å². The molecular formula is C19H21N3O3. The molecule has 1 saturated heterocycles. The number of ether oxygens (including phenoxy) is 3. The normalized spacial score (nSPS) is 16.2. The molecule has 6 nitrogen and oxygen atoms in total. The maximum Gasteiger partial charge on any atom is 0.161 e. The van der Waals surface area contributed by atoms with E-state index in [1.807, 2.05) is 18.2 Å². The Kier molecular flexibility index (Phi) is 5.70. The number of methoxy groups -OCH3 is 1. The third kappa shape index (κ3) is 4.40. The van der Waals surface area contributed by atoms with Crippen LogP contribution >= 0.6 is 0 Å². The molecule has 130 valence electrons. The molecule has 0 amide bonds. The highest BCUT2D eigenvalue weighted by Crippen LogP contribution is 2.29. The molecule has 1 fully saturated rings. The van der Waals surface area contributed by atoms with Gasteiger partial charge in [0.25, 0.3) is 0 Å². The molecule has 1 N–H and O–H groups in total. The summed E-state index contributed by atoms with van der Waals surface area (Å²) in [7, 11) is 1.62. The van der Waals surface area contributed by atoms with Gasteiger partial charge >= 0.3 is 0 Å². The lowest BCUT2D eigenvalue weighted by Crippen LogP contribution is -2.16. The Morgan fingerprint density at radius 2 is 2.28 bits per heavy atom. The van der Waals surface area contributed by atoms with Crippen molar-refractivity contribution in [2.45, 2.75) is 25.5 Å². The molecule has 2 aromatic rings. The predicted octanol–water partition coefficient (Wildman–Crippen LogP) is 3.13. The van der Waals surface area contributed by atoms with Crippen LogP contribution in [-0.4, -0.2) is 31.4 Å². The van der Waals surface area contributed by atoms with Gasteiger partial charge in [0.05, 0.1) is 18.8 Å². The minimum Gasteiger partial charge on any atom is -0.493 e. The maximum absolute atomic E-state index is 9.11. The summed E-state index contributed by atoms with van der Waals surface area (Å²) >= 11 is 0. The highest BCUT2D eigenvalue weighted by Gasteiger charge is 2.17. The molecule has 1 aromatic carbocycles. The van der Waals surface area contributed by atoms with E-state index in [0.29, 0.717) is 36.0 Å². The summed E-state index contributed by atoms with van der Waals surface area (Å²) in [6, 6.07) is 11.4. The van der Waals surface area contributed by atoms with Gasteiger partial charge in [0.15, 0.2) is 11.5 Å². The third-order valence-electron chi connectivity index (χ3n) is 4.06. The monoisotopic (exact) mass is 339 g/mol. The van der Waals surface area contributed by atoms with Crippen LogP contribution in [0.4, 0.5) is 5.82 Å². The second-order valence-corrected chi connectivity index (χ2v) is 5.80. The molecule has 0 aliphatic carbocycles. The molecule has 6 heteroatoms. The molecule has 0 saturated carbocycles. The molecule has 2 heterocycles. The molecule has 0 unspecified atom stereocenters. The number of rotatable bonds is 7. The van der Waals surface area contributed by atoms with Crippen LogP contribution in [0.2, 0.25) is 0 Å². The molecule has 1 aromatic heterocycles. The summed E-state index contributed by atoms with van der Waals surface area (Å²) in [5.41, 5.74) is 1.53. The van der Waals surface area contributed by atoms with E-state index in [2.05, 4.69) is 16.4 Å². The van der Waals surface area contributed by atoms with Crippen LogP contribution in [0, 0.1) is 11.3 Å². The first-order chi connectivity index (χ1) is 12.3. The van der Waals surface area contributed by atoms with Crippen molar-refractivity contribution >= 4 is 5.82 Å². The molecule has 25 heavy (non-hydrogen) atoms. The van der Waals surface area contributed by atoms with Gasteiger partial charge in [0.2, 0.25) is 0 Å². The number of hydrogen-bond donors (Lipinski definition) is 1. The molecule has 0 radical (unpaired) electrons. The van der Waals surface area contributed by atoms with E-state index in [-0.39, 0.29) is 6.10 Å². The molecule has 0 spiro atoms. The first-order valence-corrected chi connectivity index (χ1v) is 8.30. The Labute approximate surface area is 147 Å². The summed E-state index contributed by atoms with van der Waals surface area (Å²) in [6.45, 7) is 1.88. The summed E-state index contributed by atoms with van der Waals surface area (Å²) in [6.07, 6.45) is 3.95. The number of nitriles is 1. The Morgan fingerprint density at radius 3 is 3.04 bits per heavy atom. The van der Waals surface area contributed by atoms with E-state index in [1.54, 1.807) is 25.4 Å². The van der Waals surface area contributed by atoms with Gasteiger partial charge in [0.1, 0.15) is 18.5 Å². The second-order valence-electron chi connectivity index (χ2n) is 5.80. The number of aromatic nitrogens is 1. The highest BCUT2D eigenvalue weighted by molar-refractivity contribution is 5.52. The Balaban J connectivity index is 1.63. The van der Waals surface area contributed by atoms with Crippen LogP contribution in [0.1, 0.15) is 24.0 Å². The van der Waals surface area contributed by atoms with Gasteiger partial charge in [-0.15, -0.1) is 0 Å². The molecule has 1 aliphatic rings. The lowest BCUT2D eigenvalue weighted by Gasteiger charge is -2.15. The average Bonchev–Trinajstić information content (AvgIpc) is 3.18. The Bertz CT molecular complexity index is 752. The zero-order valence-electron chi connectivity index (χ0n) is 14.2. The van der Waals surface area contributed by atoms with Crippen LogP contribution in [0.5, 0.6) is 11.5 Å². The number of hydrogen-bond acceptors (Lipinski definition) is 6. The van der Waals surface area contributed by atoms with Crippen LogP contribution in [0.15, 0.2) is 36.5 Å². The molecule has 0 bridgehead atoms. The smallest absolute Gasteiger partial charge is 0.161 e. The van der Waals surface area contributed by atoms with Crippen LogP contribution < -0.4 is 14.8 Å². The minimum absolute atomic E-state index is 0.166. The molecule has 1 atom stereocenters. The summed E-state index contributed by atoms with van der Waals surface area (Å²) < 4.78 is 16.8. The van der Waals surface area contributed by atoms with Crippen molar-refractivity contribution in [1.29, 1.82) is 5.26 Å². The minimum atomic E-state index is 0.166. The number of benzene rings is 1. The summed E-state index contributed by atoms with van der Waals surface area (Å²) in [4.78, 5) is 4.19. The number of pyridine rings is 1. The highest BCUT2D eigenvalue weighted by atomic mass is 16.5. The number of nitrogens with zero attached hydrogens (tertiary/aromatic N) is 2. The van der Waals surface area contributed by atoms with Crippen molar-refractivity contribution in [3.05, 3.63) is 47.7 Å². The van der Waals surface area contributed by atoms with E-state index in [1.165, 1.54) is 0 Å². The van der Waals surface area contributed by atoms with E-state index in [0.717, 1.165) is 25.0 Å². The lowest BCUT2D eigenvalue weighted by atomic mass is 10.2. The van der Waals surface area contributed by atoms with Gasteiger partial charge in [-0.3, -0.25) is 0 Å². The lowest BCUT2D eigenvalue weighted by molar-refractivity contribution is 0.0669. The molecular weight excluding hydrogens is 318 g/mol. The number of anilines is 1. The first kappa shape index (κ1) is 17.1. The first-order valence-electron chi connectivity index (χ1n) is 8.30. The molecule has 1 aliphatic heterocycles. The van der Waals surface area contributed by atoms with Gasteiger partial charge in [-0.1, -0.05) is 6.07 Å². The summed E-state index contributed by atoms with van der Waals surface area (Å²) in [5, 5.41) is 12.3. The average molecular weight is 339 g/mol. The van der Waals surface area contributed by atoms with Crippen molar-refractivity contribution in [2.75, 3.05) is 25.6 Å². The van der Waals surface area contributed by atoms with Crippen LogP contribution in [-0.2, 0) is 11.3 Å². The van der Waals surface area contributed by atoms with Gasteiger partial charge in [-0.2, -0.15) is 5.26 Å². The Morgan fingerprint density at radius 1 is 1.36 bits per heavy atom. The van der Waals surface area contributed by atoms with Crippen molar-refractivity contribution in [2.24, 2.45) is 0 Å². The van der Waals surface area contributed by atoms with Gasteiger partial charge < -0.3 is 19.5 Å². The Hall–Kier alpha value is -2.78. The van der Waals surface area contributed by atoms with E-state index in [4.69, 9.17) is 19.5 Å². The maximum atomic E-state index is 9.11. The largest absolute Gasteiger partial charge is 0.493 e. The van der Waals surface area contributed by atoms with Crippen LogP contribution in [0.25, 0.3) is 0 Å². The zero-order valence-corrected chi connectivity index (χ0v) is 14.2. The van der Waals surface area contributed by atoms with E-state index >= 15 is 0 Å². The van der Waals surface area contributed by atoms with Crippen molar-refractivity contribution in [3.8, 4) is 17.6 Å². The van der Waals surface area contributed by atoms with Gasteiger partial charge in [-0.25, -0.2) is 4.98 Å². The third-order valence-corrected chi connectivity index (χ3v) is 4.06. The SMILES string of the molecule is COc1cc(CNc2ncccc2C#N)ccc1OC[C@@H]1CCCO1. The van der Waals surface area contributed by atoms with Crippen molar-refractivity contribution in [3.63, 3.8) is 0 Å². The van der Waals surface area contributed by atoms with Gasteiger partial charge in [-0.05, 0) is 42.7 Å². The van der Waals surface area contributed by atoms with Gasteiger partial charge in [0, 0.05) is 19.3 Å². The van der Waals surface area contributed by atoms with E-state index < -0.39 is 0 Å².